The highest BCUT2D eigenvalue weighted by atomic mass is 16.5. The molecule has 1 saturated heterocycles. The van der Waals surface area contributed by atoms with Crippen LogP contribution in [0.1, 0.15) is 30.5 Å². The van der Waals surface area contributed by atoms with E-state index in [4.69, 9.17) is 5.21 Å². The van der Waals surface area contributed by atoms with Gasteiger partial charge >= 0.3 is 0 Å². The first kappa shape index (κ1) is 19.5. The molecule has 0 radical (unpaired) electrons. The Kier molecular flexibility index (Phi) is 6.61. The van der Waals surface area contributed by atoms with Crippen LogP contribution in [0.25, 0.3) is 0 Å². The van der Waals surface area contributed by atoms with Crippen molar-refractivity contribution < 1.29 is 10.0 Å². The van der Waals surface area contributed by atoms with Gasteiger partial charge in [-0.05, 0) is 30.5 Å². The lowest BCUT2D eigenvalue weighted by atomic mass is 10.0. The van der Waals surface area contributed by atoms with E-state index in [1.54, 1.807) is 5.48 Å². The zero-order valence-corrected chi connectivity index (χ0v) is 16.1. The summed E-state index contributed by atoms with van der Waals surface area (Å²) in [5.74, 6) is -0.389. The second-order valence-corrected chi connectivity index (χ2v) is 7.58. The van der Waals surface area contributed by atoms with Crippen LogP contribution >= 0.6 is 0 Å². The van der Waals surface area contributed by atoms with E-state index in [9.17, 15) is 4.79 Å². The van der Waals surface area contributed by atoms with Gasteiger partial charge in [-0.15, -0.1) is 0 Å². The number of hydrogen-bond donors (Lipinski definition) is 2. The first-order valence-electron chi connectivity index (χ1n) is 9.58. The fourth-order valence-corrected chi connectivity index (χ4v) is 3.95. The largest absolute Gasteiger partial charge is 0.296 e. The van der Waals surface area contributed by atoms with E-state index in [0.29, 0.717) is 12.1 Å². The molecule has 2 aromatic rings. The Morgan fingerprint density at radius 1 is 0.926 bits per heavy atom. The normalized spacial score (nSPS) is 21.1. The van der Waals surface area contributed by atoms with E-state index in [1.807, 2.05) is 12.1 Å². The molecule has 2 atom stereocenters. The molecule has 0 aromatic heterocycles. The molecule has 5 nitrogen and oxygen atoms in total. The second-order valence-electron chi connectivity index (χ2n) is 7.58. The molecule has 27 heavy (non-hydrogen) atoms. The molecular formula is C22H29N3O2. The van der Waals surface area contributed by atoms with Gasteiger partial charge in [-0.25, -0.2) is 5.48 Å². The summed E-state index contributed by atoms with van der Waals surface area (Å²) in [6.07, 6.45) is 0.197. The average molecular weight is 367 g/mol. The molecule has 1 aliphatic rings. The van der Waals surface area contributed by atoms with Crippen molar-refractivity contribution in [3.8, 4) is 0 Å². The number of carbonyl (C=O) groups excluding carboxylic acids is 1. The van der Waals surface area contributed by atoms with E-state index in [-0.39, 0.29) is 12.3 Å². The van der Waals surface area contributed by atoms with Crippen LogP contribution in [0.4, 0.5) is 0 Å². The maximum absolute atomic E-state index is 11.2. The van der Waals surface area contributed by atoms with Gasteiger partial charge in [0.2, 0.25) is 5.91 Å². The van der Waals surface area contributed by atoms with E-state index >= 15 is 0 Å². The quantitative estimate of drug-likeness (QED) is 0.609. The van der Waals surface area contributed by atoms with Crippen LogP contribution in [-0.4, -0.2) is 46.1 Å². The number of hydroxylamine groups is 1. The fraction of sp³-hybridized carbons (Fsp3) is 0.409. The van der Waals surface area contributed by atoms with Gasteiger partial charge in [0.05, 0.1) is 6.42 Å². The van der Waals surface area contributed by atoms with Crippen LogP contribution in [0.2, 0.25) is 0 Å². The minimum atomic E-state index is -0.389. The van der Waals surface area contributed by atoms with Gasteiger partial charge in [-0.2, -0.15) is 0 Å². The minimum Gasteiger partial charge on any atom is -0.296 e. The van der Waals surface area contributed by atoms with Crippen molar-refractivity contribution >= 4 is 5.91 Å². The van der Waals surface area contributed by atoms with Crippen LogP contribution in [-0.2, 0) is 24.3 Å². The van der Waals surface area contributed by atoms with Gasteiger partial charge in [0, 0.05) is 38.3 Å². The van der Waals surface area contributed by atoms with Crippen LogP contribution in [0.15, 0.2) is 54.6 Å². The summed E-state index contributed by atoms with van der Waals surface area (Å²) in [6, 6.07) is 19.8. The van der Waals surface area contributed by atoms with Gasteiger partial charge in [0.1, 0.15) is 0 Å². The lowest BCUT2D eigenvalue weighted by Crippen LogP contribution is -2.55. The number of piperazine rings is 1. The Balaban J connectivity index is 1.56. The number of nitrogens with one attached hydrogen (secondary N) is 1. The second kappa shape index (κ2) is 9.13. The van der Waals surface area contributed by atoms with Gasteiger partial charge in [0.15, 0.2) is 0 Å². The van der Waals surface area contributed by atoms with Crippen molar-refractivity contribution in [2.45, 2.75) is 45.4 Å². The first-order chi connectivity index (χ1) is 13.0. The summed E-state index contributed by atoms with van der Waals surface area (Å²) >= 11 is 0. The Morgan fingerprint density at radius 3 is 2.07 bits per heavy atom. The third kappa shape index (κ3) is 5.39. The van der Waals surface area contributed by atoms with Gasteiger partial charge in [-0.3, -0.25) is 19.8 Å². The smallest absolute Gasteiger partial charge is 0.247 e. The molecule has 0 aliphatic carbocycles. The monoisotopic (exact) mass is 367 g/mol. The SMILES string of the molecule is C[C@@H]1CN(Cc2ccc(CC(=O)NO)cc2)C[C@H](C)N1Cc1ccccc1. The highest BCUT2D eigenvalue weighted by Crippen LogP contribution is 2.20. The molecule has 0 spiro atoms. The van der Waals surface area contributed by atoms with Crippen LogP contribution in [0.5, 0.6) is 0 Å². The van der Waals surface area contributed by atoms with Crippen LogP contribution in [0.3, 0.4) is 0 Å². The zero-order valence-electron chi connectivity index (χ0n) is 16.1. The molecule has 0 unspecified atom stereocenters. The maximum Gasteiger partial charge on any atom is 0.247 e. The molecule has 0 saturated carbocycles. The summed E-state index contributed by atoms with van der Waals surface area (Å²) < 4.78 is 0. The average Bonchev–Trinajstić information content (AvgIpc) is 2.67. The number of amides is 1. The van der Waals surface area contributed by atoms with Crippen molar-refractivity contribution in [2.24, 2.45) is 0 Å². The fourth-order valence-electron chi connectivity index (χ4n) is 3.95. The number of hydrogen-bond acceptors (Lipinski definition) is 4. The Hall–Kier alpha value is -2.21. The molecule has 2 N–H and O–H groups in total. The van der Waals surface area contributed by atoms with Crippen LogP contribution in [0, 0.1) is 0 Å². The number of nitrogens with zero attached hydrogens (tertiary/aromatic N) is 2. The zero-order chi connectivity index (χ0) is 19.2. The predicted octanol–water partition coefficient (Wildman–Crippen LogP) is 2.83. The summed E-state index contributed by atoms with van der Waals surface area (Å²) in [6.45, 7) is 8.63. The number of carbonyl (C=O) groups is 1. The highest BCUT2D eigenvalue weighted by molar-refractivity contribution is 5.77. The predicted molar refractivity (Wildman–Crippen MR) is 106 cm³/mol. The number of rotatable bonds is 6. The van der Waals surface area contributed by atoms with Crippen molar-refractivity contribution in [2.75, 3.05) is 13.1 Å². The number of benzene rings is 2. The third-order valence-corrected chi connectivity index (χ3v) is 5.30. The maximum atomic E-state index is 11.2. The molecule has 1 amide bonds. The lowest BCUT2D eigenvalue weighted by Gasteiger charge is -2.44. The third-order valence-electron chi connectivity index (χ3n) is 5.30. The topological polar surface area (TPSA) is 55.8 Å². The minimum absolute atomic E-state index is 0.197. The van der Waals surface area contributed by atoms with E-state index in [2.05, 4.69) is 66.1 Å². The molecule has 1 heterocycles. The van der Waals surface area contributed by atoms with Gasteiger partial charge in [-0.1, -0.05) is 54.6 Å². The summed E-state index contributed by atoms with van der Waals surface area (Å²) in [7, 11) is 0. The molecule has 1 aliphatic heterocycles. The van der Waals surface area contributed by atoms with Crippen molar-refractivity contribution in [1.29, 1.82) is 0 Å². The lowest BCUT2D eigenvalue weighted by molar-refractivity contribution is -0.128. The van der Waals surface area contributed by atoms with E-state index < -0.39 is 0 Å². The van der Waals surface area contributed by atoms with Gasteiger partial charge in [0.25, 0.3) is 0 Å². The van der Waals surface area contributed by atoms with Crippen molar-refractivity contribution in [3.63, 3.8) is 0 Å². The standard InChI is InChI=1S/C22H29N3O2/c1-17-13-24(14-18(2)25(17)16-20-6-4-3-5-7-20)15-21-10-8-19(9-11-21)12-22(26)23-27/h3-11,17-18,27H,12-16H2,1-2H3,(H,23,26)/t17-,18+. The first-order valence-corrected chi connectivity index (χ1v) is 9.58. The van der Waals surface area contributed by atoms with Crippen molar-refractivity contribution in [1.82, 2.24) is 15.3 Å². The Morgan fingerprint density at radius 2 is 1.48 bits per heavy atom. The van der Waals surface area contributed by atoms with Crippen molar-refractivity contribution in [3.05, 3.63) is 71.3 Å². The molecule has 0 bridgehead atoms. The molecule has 3 rings (SSSR count). The Labute approximate surface area is 161 Å². The van der Waals surface area contributed by atoms with Gasteiger partial charge < -0.3 is 0 Å². The van der Waals surface area contributed by atoms with E-state index in [1.165, 1.54) is 11.1 Å². The molecule has 144 valence electrons. The molecule has 2 aromatic carbocycles. The molecular weight excluding hydrogens is 338 g/mol. The Bertz CT molecular complexity index is 721. The molecule has 5 heteroatoms. The van der Waals surface area contributed by atoms with E-state index in [0.717, 1.165) is 31.7 Å². The highest BCUT2D eigenvalue weighted by Gasteiger charge is 2.29. The van der Waals surface area contributed by atoms with Crippen LogP contribution < -0.4 is 5.48 Å². The molecule has 1 fully saturated rings. The summed E-state index contributed by atoms with van der Waals surface area (Å²) in [5.41, 5.74) is 5.19. The summed E-state index contributed by atoms with van der Waals surface area (Å²) in [4.78, 5) is 16.3. The summed E-state index contributed by atoms with van der Waals surface area (Å²) in [5, 5.41) is 8.62.